The van der Waals surface area contributed by atoms with Crippen molar-refractivity contribution in [3.05, 3.63) is 51.3 Å². The molecule has 9 nitrogen and oxygen atoms in total. The van der Waals surface area contributed by atoms with Crippen LogP contribution >= 0.6 is 0 Å². The van der Waals surface area contributed by atoms with Gasteiger partial charge in [-0.1, -0.05) is 12.8 Å². The number of carbonyl (C=O) groups is 1. The van der Waals surface area contributed by atoms with Crippen LogP contribution in [0, 0.1) is 0 Å². The van der Waals surface area contributed by atoms with Gasteiger partial charge < -0.3 is 9.64 Å². The summed E-state index contributed by atoms with van der Waals surface area (Å²) in [4.78, 5) is 49.1. The molecule has 1 aliphatic heterocycles. The summed E-state index contributed by atoms with van der Waals surface area (Å²) in [5.74, 6) is 0.882. The van der Waals surface area contributed by atoms with Crippen molar-refractivity contribution in [1.82, 2.24) is 24.0 Å². The Morgan fingerprint density at radius 2 is 1.74 bits per heavy atom. The summed E-state index contributed by atoms with van der Waals surface area (Å²) in [5.41, 5.74) is -0.160. The topological polar surface area (TPSA) is 99.3 Å². The summed E-state index contributed by atoms with van der Waals surface area (Å²) < 4.78 is 7.43. The van der Waals surface area contributed by atoms with E-state index in [0.29, 0.717) is 24.7 Å². The lowest BCUT2D eigenvalue weighted by molar-refractivity contribution is -0.131. The van der Waals surface area contributed by atoms with Crippen LogP contribution in [-0.2, 0) is 18.4 Å². The predicted molar refractivity (Wildman–Crippen MR) is 116 cm³/mol. The Balaban J connectivity index is 1.71. The molecule has 0 N–H and O–H groups in total. The molecule has 31 heavy (non-hydrogen) atoms. The van der Waals surface area contributed by atoms with E-state index >= 15 is 0 Å². The fraction of sp³-hybridized carbons (Fsp3) is 0.409. The highest BCUT2D eigenvalue weighted by molar-refractivity contribution is 5.78. The highest BCUT2D eigenvalue weighted by Gasteiger charge is 2.20. The van der Waals surface area contributed by atoms with Crippen LogP contribution < -0.4 is 16.0 Å². The Morgan fingerprint density at radius 3 is 2.39 bits per heavy atom. The Bertz CT molecular complexity index is 1220. The fourth-order valence-electron chi connectivity index (χ4n) is 3.86. The molecule has 1 aliphatic rings. The number of hydrogen-bond donors (Lipinski definition) is 0. The zero-order chi connectivity index (χ0) is 22.0. The molecule has 162 valence electrons. The van der Waals surface area contributed by atoms with Gasteiger partial charge in [0.25, 0.3) is 5.56 Å². The summed E-state index contributed by atoms with van der Waals surface area (Å²) in [5, 5.41) is 0.197. The minimum Gasteiger partial charge on any atom is -0.497 e. The van der Waals surface area contributed by atoms with E-state index in [1.807, 2.05) is 0 Å². The molecule has 9 heteroatoms. The van der Waals surface area contributed by atoms with E-state index in [1.54, 1.807) is 43.3 Å². The second-order valence-corrected chi connectivity index (χ2v) is 7.69. The average molecular weight is 423 g/mol. The van der Waals surface area contributed by atoms with Crippen LogP contribution in [0.1, 0.15) is 25.7 Å². The lowest BCUT2D eigenvalue weighted by Gasteiger charge is -2.20. The monoisotopic (exact) mass is 423 g/mol. The highest BCUT2D eigenvalue weighted by Crippen LogP contribution is 2.20. The van der Waals surface area contributed by atoms with Gasteiger partial charge in [0, 0.05) is 31.9 Å². The van der Waals surface area contributed by atoms with Crippen molar-refractivity contribution < 1.29 is 9.53 Å². The number of hydrogen-bond acceptors (Lipinski definition) is 6. The first-order valence-electron chi connectivity index (χ1n) is 10.4. The van der Waals surface area contributed by atoms with Gasteiger partial charge in [-0.15, -0.1) is 0 Å². The fourth-order valence-corrected chi connectivity index (χ4v) is 3.86. The Morgan fingerprint density at radius 1 is 1.06 bits per heavy atom. The summed E-state index contributed by atoms with van der Waals surface area (Å²) in [6.07, 6.45) is 5.48. The van der Waals surface area contributed by atoms with Crippen LogP contribution in [0.3, 0.4) is 0 Å². The van der Waals surface area contributed by atoms with Crippen LogP contribution in [-0.4, -0.2) is 50.1 Å². The van der Waals surface area contributed by atoms with Crippen molar-refractivity contribution >= 4 is 16.9 Å². The van der Waals surface area contributed by atoms with Crippen LogP contribution in [0.4, 0.5) is 0 Å². The third-order valence-electron chi connectivity index (χ3n) is 5.68. The molecule has 1 aromatic carbocycles. The molecule has 1 fully saturated rings. The molecule has 0 spiro atoms. The van der Waals surface area contributed by atoms with E-state index < -0.39 is 11.2 Å². The number of amides is 1. The number of aromatic nitrogens is 4. The van der Waals surface area contributed by atoms with E-state index in [1.165, 1.54) is 10.8 Å². The minimum absolute atomic E-state index is 0.197. The summed E-state index contributed by atoms with van der Waals surface area (Å²) in [7, 11) is 3.13. The maximum Gasteiger partial charge on any atom is 0.332 e. The molecule has 3 heterocycles. The van der Waals surface area contributed by atoms with Crippen molar-refractivity contribution in [3.8, 4) is 17.1 Å². The molecule has 1 amide bonds. The largest absolute Gasteiger partial charge is 0.497 e. The van der Waals surface area contributed by atoms with Gasteiger partial charge in [0.15, 0.2) is 11.5 Å². The zero-order valence-corrected chi connectivity index (χ0v) is 17.7. The van der Waals surface area contributed by atoms with E-state index in [-0.39, 0.29) is 23.5 Å². The third kappa shape index (κ3) is 4.08. The quantitative estimate of drug-likeness (QED) is 0.632. The first kappa shape index (κ1) is 20.8. The van der Waals surface area contributed by atoms with Crippen LogP contribution in [0.5, 0.6) is 5.75 Å². The van der Waals surface area contributed by atoms with Crippen LogP contribution in [0.15, 0.2) is 40.1 Å². The first-order valence-corrected chi connectivity index (χ1v) is 10.4. The number of carbonyl (C=O) groups excluding carboxylic acids is 1. The number of ether oxygens (including phenoxy) is 1. The number of benzene rings is 1. The summed E-state index contributed by atoms with van der Waals surface area (Å²) in [6, 6.07) is 7.18. The maximum absolute atomic E-state index is 13.0. The highest BCUT2D eigenvalue weighted by atomic mass is 16.5. The van der Waals surface area contributed by atoms with Gasteiger partial charge >= 0.3 is 5.69 Å². The molecule has 3 aromatic rings. The summed E-state index contributed by atoms with van der Waals surface area (Å²) in [6.45, 7) is 1.05. The lowest BCUT2D eigenvalue weighted by atomic mass is 10.2. The van der Waals surface area contributed by atoms with Gasteiger partial charge in [-0.25, -0.2) is 14.8 Å². The number of rotatable bonds is 4. The number of methoxy groups -OCH3 is 1. The van der Waals surface area contributed by atoms with Gasteiger partial charge in [-0.2, -0.15) is 0 Å². The van der Waals surface area contributed by atoms with Crippen molar-refractivity contribution in [2.24, 2.45) is 7.05 Å². The van der Waals surface area contributed by atoms with Crippen molar-refractivity contribution in [2.75, 3.05) is 20.2 Å². The van der Waals surface area contributed by atoms with Gasteiger partial charge in [-0.3, -0.25) is 18.7 Å². The Labute approximate surface area is 178 Å². The lowest BCUT2D eigenvalue weighted by Crippen LogP contribution is -2.44. The van der Waals surface area contributed by atoms with Gasteiger partial charge in [-0.05, 0) is 37.1 Å². The number of likely N-dealkylation sites (tertiary alicyclic amines) is 1. The second-order valence-electron chi connectivity index (χ2n) is 7.69. The number of fused-ring (bicyclic) bond motifs is 1. The standard InChI is InChI=1S/C22H25N5O4/c1-25-20-17(13-23-19(24-20)15-7-9-16(31-2)10-8-15)21(29)27(22(25)30)14-18(28)26-11-5-3-4-6-12-26/h7-10,13H,3-6,11-12,14H2,1-2H3. The van der Waals surface area contributed by atoms with Crippen molar-refractivity contribution in [2.45, 2.75) is 32.2 Å². The molecule has 0 unspecified atom stereocenters. The predicted octanol–water partition coefficient (Wildman–Crippen LogP) is 1.57. The molecule has 0 bridgehead atoms. The molecule has 2 aromatic heterocycles. The number of aryl methyl sites for hydroxylation is 1. The van der Waals surface area contributed by atoms with Crippen molar-refractivity contribution in [1.29, 1.82) is 0 Å². The van der Waals surface area contributed by atoms with E-state index in [9.17, 15) is 14.4 Å². The maximum atomic E-state index is 13.0. The van der Waals surface area contributed by atoms with E-state index in [2.05, 4.69) is 9.97 Å². The molecule has 0 radical (unpaired) electrons. The van der Waals surface area contributed by atoms with Crippen molar-refractivity contribution in [3.63, 3.8) is 0 Å². The SMILES string of the molecule is COc1ccc(-c2ncc3c(=O)n(CC(=O)N4CCCCCC4)c(=O)n(C)c3n2)cc1. The second kappa shape index (κ2) is 8.71. The molecular formula is C22H25N5O4. The average Bonchev–Trinajstić information content (AvgIpc) is 3.10. The van der Waals surface area contributed by atoms with Crippen LogP contribution in [0.25, 0.3) is 22.4 Å². The van der Waals surface area contributed by atoms with Gasteiger partial charge in [0.05, 0.1) is 7.11 Å². The molecule has 0 saturated carbocycles. The van der Waals surface area contributed by atoms with Gasteiger partial charge in [0.1, 0.15) is 17.7 Å². The normalized spacial score (nSPS) is 14.5. The zero-order valence-electron chi connectivity index (χ0n) is 17.7. The Hall–Kier alpha value is -3.49. The molecule has 4 rings (SSSR count). The molecule has 1 saturated heterocycles. The first-order chi connectivity index (χ1) is 15.0. The van der Waals surface area contributed by atoms with Gasteiger partial charge in [0.2, 0.25) is 5.91 Å². The van der Waals surface area contributed by atoms with E-state index in [0.717, 1.165) is 35.8 Å². The smallest absolute Gasteiger partial charge is 0.332 e. The minimum atomic E-state index is -0.569. The molecule has 0 aliphatic carbocycles. The number of nitrogens with zero attached hydrogens (tertiary/aromatic N) is 5. The molecule has 0 atom stereocenters. The van der Waals surface area contributed by atoms with E-state index in [4.69, 9.17) is 4.74 Å². The van der Waals surface area contributed by atoms with Crippen LogP contribution in [0.2, 0.25) is 0 Å². The molecular weight excluding hydrogens is 398 g/mol. The summed E-state index contributed by atoms with van der Waals surface area (Å²) >= 11 is 0. The third-order valence-corrected chi connectivity index (χ3v) is 5.68. The Kier molecular flexibility index (Phi) is 5.83.